The van der Waals surface area contributed by atoms with Crippen LogP contribution in [0.1, 0.15) is 30.1 Å². The molecule has 0 spiro atoms. The largest absolute Gasteiger partial charge is 0.462 e. The Hall–Kier alpha value is -1.92. The number of carbonyl (C=O) groups is 2. The minimum atomic E-state index is -0.379. The molecular formula is C19H19NO3S2. The molecule has 1 saturated carbocycles. The van der Waals surface area contributed by atoms with Gasteiger partial charge in [-0.2, -0.15) is 0 Å². The van der Waals surface area contributed by atoms with Crippen LogP contribution in [0.2, 0.25) is 0 Å². The van der Waals surface area contributed by atoms with E-state index in [2.05, 4.69) is 17.5 Å². The van der Waals surface area contributed by atoms with Gasteiger partial charge in [-0.05, 0) is 43.0 Å². The molecule has 2 aliphatic rings. The molecule has 2 aromatic heterocycles. The zero-order valence-electron chi connectivity index (χ0n) is 13.9. The highest BCUT2D eigenvalue weighted by atomic mass is 32.1. The van der Waals surface area contributed by atoms with Gasteiger partial charge in [0.05, 0.1) is 6.61 Å². The minimum absolute atomic E-state index is 0.0114. The third-order valence-electron chi connectivity index (χ3n) is 4.91. The molecular weight excluding hydrogens is 354 g/mol. The molecule has 3 unspecified atom stereocenters. The summed E-state index contributed by atoms with van der Waals surface area (Å²) >= 11 is 2.96. The molecule has 4 rings (SSSR count). The number of rotatable bonds is 5. The van der Waals surface area contributed by atoms with Crippen molar-refractivity contribution in [1.29, 1.82) is 0 Å². The standard InChI is InChI=1S/C19H19NO3S2/c1-2-23-19(22)16-14(15-4-3-7-24-15)10-25-18(16)20-17(21)13-9-11-5-6-12(13)8-11/h3-7,10-13H,2,8-9H2,1H3,(H,20,21). The molecule has 130 valence electrons. The van der Waals surface area contributed by atoms with Crippen molar-refractivity contribution in [3.8, 4) is 10.4 Å². The Bertz CT molecular complexity index is 822. The fraction of sp³-hybridized carbons (Fsp3) is 0.368. The van der Waals surface area contributed by atoms with Crippen molar-refractivity contribution in [2.24, 2.45) is 17.8 Å². The van der Waals surface area contributed by atoms with E-state index in [4.69, 9.17) is 4.74 Å². The number of hydrogen-bond acceptors (Lipinski definition) is 5. The number of esters is 1. The summed E-state index contributed by atoms with van der Waals surface area (Å²) in [6, 6.07) is 3.92. The van der Waals surface area contributed by atoms with Crippen LogP contribution in [0.3, 0.4) is 0 Å². The summed E-state index contributed by atoms with van der Waals surface area (Å²) in [6.45, 7) is 2.10. The fourth-order valence-electron chi connectivity index (χ4n) is 3.76. The summed E-state index contributed by atoms with van der Waals surface area (Å²) in [5.41, 5.74) is 1.31. The zero-order valence-corrected chi connectivity index (χ0v) is 15.5. The molecule has 3 atom stereocenters. The summed E-state index contributed by atoms with van der Waals surface area (Å²) in [6.07, 6.45) is 6.37. The van der Waals surface area contributed by atoms with Crippen LogP contribution in [-0.4, -0.2) is 18.5 Å². The van der Waals surface area contributed by atoms with Crippen LogP contribution >= 0.6 is 22.7 Å². The lowest BCUT2D eigenvalue weighted by molar-refractivity contribution is -0.120. The summed E-state index contributed by atoms with van der Waals surface area (Å²) in [5.74, 6) is 0.526. The maximum atomic E-state index is 12.7. The molecule has 4 nitrogen and oxygen atoms in total. The number of fused-ring (bicyclic) bond motifs is 2. The molecule has 0 aromatic carbocycles. The van der Waals surface area contributed by atoms with E-state index in [0.717, 1.165) is 23.3 Å². The summed E-state index contributed by atoms with van der Waals surface area (Å²) in [7, 11) is 0. The van der Waals surface area contributed by atoms with Crippen molar-refractivity contribution in [3.05, 3.63) is 40.6 Å². The van der Waals surface area contributed by atoms with Gasteiger partial charge in [0.1, 0.15) is 10.6 Å². The molecule has 2 aromatic rings. The Balaban J connectivity index is 1.61. The van der Waals surface area contributed by atoms with E-state index in [1.807, 2.05) is 22.9 Å². The summed E-state index contributed by atoms with van der Waals surface area (Å²) < 4.78 is 5.23. The van der Waals surface area contributed by atoms with Gasteiger partial charge in [0.15, 0.2) is 0 Å². The van der Waals surface area contributed by atoms with E-state index in [1.54, 1.807) is 18.3 Å². The lowest BCUT2D eigenvalue weighted by Gasteiger charge is -2.17. The second-order valence-corrected chi connectivity index (χ2v) is 8.25. The van der Waals surface area contributed by atoms with Gasteiger partial charge >= 0.3 is 5.97 Å². The normalized spacial score (nSPS) is 23.8. The van der Waals surface area contributed by atoms with Gasteiger partial charge in [-0.3, -0.25) is 4.79 Å². The topological polar surface area (TPSA) is 55.4 Å². The van der Waals surface area contributed by atoms with Crippen LogP contribution in [0.25, 0.3) is 10.4 Å². The lowest BCUT2D eigenvalue weighted by atomic mass is 9.93. The Morgan fingerprint density at radius 2 is 2.16 bits per heavy atom. The monoisotopic (exact) mass is 373 g/mol. The minimum Gasteiger partial charge on any atom is -0.462 e. The predicted molar refractivity (Wildman–Crippen MR) is 101 cm³/mol. The first kappa shape index (κ1) is 16.5. The van der Waals surface area contributed by atoms with Gasteiger partial charge in [0.25, 0.3) is 0 Å². The Kier molecular flexibility index (Phi) is 4.48. The lowest BCUT2D eigenvalue weighted by Crippen LogP contribution is -2.26. The number of anilines is 1. The van der Waals surface area contributed by atoms with Crippen molar-refractivity contribution >= 4 is 39.6 Å². The smallest absolute Gasteiger partial charge is 0.341 e. The van der Waals surface area contributed by atoms with E-state index in [-0.39, 0.29) is 17.8 Å². The number of thiophene rings is 2. The first-order valence-electron chi connectivity index (χ1n) is 8.49. The van der Waals surface area contributed by atoms with E-state index in [1.165, 1.54) is 11.3 Å². The molecule has 2 bridgehead atoms. The highest BCUT2D eigenvalue weighted by Crippen LogP contribution is 2.45. The number of hydrogen-bond donors (Lipinski definition) is 1. The molecule has 2 aliphatic carbocycles. The van der Waals surface area contributed by atoms with Crippen LogP contribution in [-0.2, 0) is 9.53 Å². The zero-order chi connectivity index (χ0) is 17.4. The van der Waals surface area contributed by atoms with Crippen LogP contribution in [0.5, 0.6) is 0 Å². The first-order valence-corrected chi connectivity index (χ1v) is 10.2. The maximum Gasteiger partial charge on any atom is 0.341 e. The van der Waals surface area contributed by atoms with E-state index >= 15 is 0 Å². The molecule has 2 heterocycles. The summed E-state index contributed by atoms with van der Waals surface area (Å²) in [5, 5.41) is 7.50. The number of amides is 1. The van der Waals surface area contributed by atoms with Crippen LogP contribution in [0, 0.1) is 17.8 Å². The van der Waals surface area contributed by atoms with Gasteiger partial charge in [-0.1, -0.05) is 18.2 Å². The van der Waals surface area contributed by atoms with E-state index in [0.29, 0.717) is 29.0 Å². The van der Waals surface area contributed by atoms with Gasteiger partial charge in [-0.25, -0.2) is 4.79 Å². The number of ether oxygens (including phenoxy) is 1. The molecule has 6 heteroatoms. The second kappa shape index (κ2) is 6.77. The maximum absolute atomic E-state index is 12.7. The van der Waals surface area contributed by atoms with Crippen molar-refractivity contribution in [1.82, 2.24) is 0 Å². The Labute approximate surface area is 154 Å². The average Bonchev–Trinajstić information content (AvgIpc) is 3.37. The van der Waals surface area contributed by atoms with Crippen LogP contribution < -0.4 is 5.32 Å². The van der Waals surface area contributed by atoms with Gasteiger partial charge < -0.3 is 10.1 Å². The molecule has 1 N–H and O–H groups in total. The Morgan fingerprint density at radius 1 is 1.28 bits per heavy atom. The van der Waals surface area contributed by atoms with Gasteiger partial charge in [0.2, 0.25) is 5.91 Å². The van der Waals surface area contributed by atoms with Crippen molar-refractivity contribution < 1.29 is 14.3 Å². The van der Waals surface area contributed by atoms with Crippen molar-refractivity contribution in [2.45, 2.75) is 19.8 Å². The van der Waals surface area contributed by atoms with Gasteiger partial charge in [-0.15, -0.1) is 22.7 Å². The quantitative estimate of drug-likeness (QED) is 0.605. The second-order valence-electron chi connectivity index (χ2n) is 6.43. The molecule has 1 amide bonds. The number of allylic oxidation sites excluding steroid dienone is 2. The molecule has 0 saturated heterocycles. The van der Waals surface area contributed by atoms with E-state index in [9.17, 15) is 9.59 Å². The van der Waals surface area contributed by atoms with E-state index < -0.39 is 0 Å². The first-order chi connectivity index (χ1) is 12.2. The highest BCUT2D eigenvalue weighted by Gasteiger charge is 2.40. The SMILES string of the molecule is CCOC(=O)c1c(-c2cccs2)csc1NC(=O)C1CC2C=CC1C2. The third-order valence-corrected chi connectivity index (χ3v) is 6.71. The fourth-order valence-corrected chi connectivity index (χ4v) is 5.53. The molecule has 0 radical (unpaired) electrons. The number of nitrogens with one attached hydrogen (secondary N) is 1. The highest BCUT2D eigenvalue weighted by molar-refractivity contribution is 7.17. The van der Waals surface area contributed by atoms with Crippen molar-refractivity contribution in [3.63, 3.8) is 0 Å². The summed E-state index contributed by atoms with van der Waals surface area (Å²) in [4.78, 5) is 26.2. The molecule has 25 heavy (non-hydrogen) atoms. The third kappa shape index (κ3) is 3.04. The van der Waals surface area contributed by atoms with Crippen molar-refractivity contribution in [2.75, 3.05) is 11.9 Å². The van der Waals surface area contributed by atoms with Gasteiger partial charge in [0, 0.05) is 21.7 Å². The van der Waals surface area contributed by atoms with Crippen LogP contribution in [0.4, 0.5) is 5.00 Å². The average molecular weight is 373 g/mol. The van der Waals surface area contributed by atoms with Crippen LogP contribution in [0.15, 0.2) is 35.0 Å². The molecule has 0 aliphatic heterocycles. The predicted octanol–water partition coefficient (Wildman–Crippen LogP) is 4.80. The Morgan fingerprint density at radius 3 is 2.80 bits per heavy atom. The molecule has 1 fully saturated rings. The number of carbonyl (C=O) groups excluding carboxylic acids is 2.